The Hall–Kier alpha value is -1.93. The minimum atomic E-state index is -1.35. The topological polar surface area (TPSA) is 107 Å². The Balaban J connectivity index is 1.86. The van der Waals surface area contributed by atoms with Gasteiger partial charge in [-0.1, -0.05) is 56.2 Å². The van der Waals surface area contributed by atoms with Gasteiger partial charge in [0.2, 0.25) is 0 Å². The van der Waals surface area contributed by atoms with Gasteiger partial charge in [0, 0.05) is 6.54 Å². The van der Waals surface area contributed by atoms with Gasteiger partial charge in [-0.15, -0.1) is 0 Å². The number of hydrogen-bond acceptors (Lipinski definition) is 5. The number of carbonyl (C=O) groups is 1. The van der Waals surface area contributed by atoms with E-state index in [1.807, 2.05) is 12.1 Å². The molecule has 2 aromatic rings. The molecule has 0 aromatic heterocycles. The highest BCUT2D eigenvalue weighted by atomic mass is 16.4. The molecule has 0 saturated heterocycles. The summed E-state index contributed by atoms with van der Waals surface area (Å²) in [6.07, 6.45) is 2.80. The first kappa shape index (κ1) is 23.4. The summed E-state index contributed by atoms with van der Waals surface area (Å²) in [6.45, 7) is 4.59. The molecule has 0 aliphatic carbocycles. The maximum atomic E-state index is 11.7. The van der Waals surface area contributed by atoms with E-state index in [0.717, 1.165) is 19.6 Å². The maximum absolute atomic E-state index is 11.7. The molecule has 29 heavy (non-hydrogen) atoms. The maximum Gasteiger partial charge on any atom is 0.451 e. The van der Waals surface area contributed by atoms with Crippen LogP contribution in [-0.4, -0.2) is 51.8 Å². The van der Waals surface area contributed by atoms with Gasteiger partial charge in [-0.3, -0.25) is 9.69 Å². The molecule has 0 amide bonds. The summed E-state index contributed by atoms with van der Waals surface area (Å²) in [4.78, 5) is 14.0. The highest BCUT2D eigenvalue weighted by Crippen LogP contribution is 2.21. The summed E-state index contributed by atoms with van der Waals surface area (Å²) < 4.78 is 0. The second kappa shape index (κ2) is 11.3. The average Bonchev–Trinajstić information content (AvgIpc) is 2.70. The SMILES string of the molecule is CCN(CCCC(N)(CCCCB(O)O)C(=O)O)Cc1ccc2ccccc2c1. The van der Waals surface area contributed by atoms with Crippen LogP contribution in [0.2, 0.25) is 6.32 Å². The number of nitrogens with two attached hydrogens (primary N) is 1. The molecular weight excluding hydrogens is 367 g/mol. The minimum absolute atomic E-state index is 0.241. The molecule has 158 valence electrons. The Labute approximate surface area is 173 Å². The molecule has 0 bridgehead atoms. The Bertz CT molecular complexity index is 786. The molecule has 1 unspecified atom stereocenters. The quantitative estimate of drug-likeness (QED) is 0.304. The van der Waals surface area contributed by atoms with Gasteiger partial charge in [-0.25, -0.2) is 0 Å². The zero-order chi connectivity index (χ0) is 21.3. The van der Waals surface area contributed by atoms with Crippen LogP contribution in [0.15, 0.2) is 42.5 Å². The van der Waals surface area contributed by atoms with Crippen LogP contribution in [0.1, 0.15) is 44.6 Å². The zero-order valence-electron chi connectivity index (χ0n) is 17.3. The first-order valence-electron chi connectivity index (χ1n) is 10.4. The predicted octanol–water partition coefficient (Wildman–Crippen LogP) is 2.87. The standard InChI is InChI=1S/C22H33BN2O4/c1-2-25(17-18-10-11-19-8-3-4-9-20(19)16-18)15-7-13-22(24,21(26)27)12-5-6-14-23(28)29/h3-4,8-11,16,28-29H,2,5-7,12-15,17,24H2,1H3,(H,26,27). The molecule has 0 aliphatic rings. The number of unbranched alkanes of at least 4 members (excludes halogenated alkanes) is 1. The van der Waals surface area contributed by atoms with Crippen molar-refractivity contribution in [2.24, 2.45) is 5.73 Å². The third-order valence-electron chi connectivity index (χ3n) is 5.53. The lowest BCUT2D eigenvalue weighted by molar-refractivity contribution is -0.144. The van der Waals surface area contributed by atoms with Gasteiger partial charge in [0.1, 0.15) is 5.54 Å². The molecule has 0 radical (unpaired) electrons. The van der Waals surface area contributed by atoms with Crippen molar-refractivity contribution in [1.29, 1.82) is 0 Å². The third-order valence-corrected chi connectivity index (χ3v) is 5.53. The van der Waals surface area contributed by atoms with E-state index in [9.17, 15) is 9.90 Å². The van der Waals surface area contributed by atoms with Gasteiger partial charge in [0.15, 0.2) is 0 Å². The van der Waals surface area contributed by atoms with Crippen molar-refractivity contribution in [2.75, 3.05) is 13.1 Å². The summed E-state index contributed by atoms with van der Waals surface area (Å²) in [5.41, 5.74) is 6.14. The summed E-state index contributed by atoms with van der Waals surface area (Å²) in [7, 11) is -1.35. The Kier molecular flexibility index (Phi) is 9.11. The zero-order valence-corrected chi connectivity index (χ0v) is 17.3. The van der Waals surface area contributed by atoms with Crippen LogP contribution in [-0.2, 0) is 11.3 Å². The normalized spacial score (nSPS) is 13.6. The Morgan fingerprint density at radius 1 is 1.07 bits per heavy atom. The van der Waals surface area contributed by atoms with Crippen molar-refractivity contribution < 1.29 is 19.9 Å². The number of rotatable bonds is 13. The van der Waals surface area contributed by atoms with Crippen molar-refractivity contribution in [1.82, 2.24) is 4.90 Å². The molecule has 0 aliphatic heterocycles. The van der Waals surface area contributed by atoms with E-state index in [1.54, 1.807) is 0 Å². The Morgan fingerprint density at radius 2 is 1.76 bits per heavy atom. The lowest BCUT2D eigenvalue weighted by Gasteiger charge is -2.27. The largest absolute Gasteiger partial charge is 0.480 e. The van der Waals surface area contributed by atoms with E-state index in [4.69, 9.17) is 15.8 Å². The van der Waals surface area contributed by atoms with E-state index >= 15 is 0 Å². The molecule has 0 fully saturated rings. The number of nitrogens with zero attached hydrogens (tertiary/aromatic N) is 1. The summed E-state index contributed by atoms with van der Waals surface area (Å²) in [5.74, 6) is -0.986. The molecule has 0 saturated carbocycles. The first-order valence-corrected chi connectivity index (χ1v) is 10.4. The smallest absolute Gasteiger partial charge is 0.451 e. The van der Waals surface area contributed by atoms with Crippen LogP contribution in [0.4, 0.5) is 0 Å². The fourth-order valence-corrected chi connectivity index (χ4v) is 3.67. The van der Waals surface area contributed by atoms with Gasteiger partial charge < -0.3 is 20.9 Å². The molecule has 2 aromatic carbocycles. The second-order valence-electron chi connectivity index (χ2n) is 7.84. The van der Waals surface area contributed by atoms with Gasteiger partial charge >= 0.3 is 13.1 Å². The van der Waals surface area contributed by atoms with Crippen LogP contribution >= 0.6 is 0 Å². The van der Waals surface area contributed by atoms with Crippen LogP contribution in [0.25, 0.3) is 10.8 Å². The number of fused-ring (bicyclic) bond motifs is 1. The summed E-state index contributed by atoms with van der Waals surface area (Å²) in [5, 5.41) is 29.8. The second-order valence-corrected chi connectivity index (χ2v) is 7.84. The van der Waals surface area contributed by atoms with Crippen LogP contribution in [0.3, 0.4) is 0 Å². The van der Waals surface area contributed by atoms with Crippen LogP contribution in [0.5, 0.6) is 0 Å². The van der Waals surface area contributed by atoms with Crippen molar-refractivity contribution >= 4 is 23.9 Å². The summed E-state index contributed by atoms with van der Waals surface area (Å²) >= 11 is 0. The number of benzene rings is 2. The van der Waals surface area contributed by atoms with E-state index < -0.39 is 18.6 Å². The highest BCUT2D eigenvalue weighted by molar-refractivity contribution is 6.40. The first-order chi connectivity index (χ1) is 13.8. The van der Waals surface area contributed by atoms with Gasteiger partial charge in [-0.05, 0) is 61.1 Å². The van der Waals surface area contributed by atoms with Crippen molar-refractivity contribution in [2.45, 2.75) is 57.4 Å². The fraction of sp³-hybridized carbons (Fsp3) is 0.500. The van der Waals surface area contributed by atoms with Crippen LogP contribution < -0.4 is 5.73 Å². The predicted molar refractivity (Wildman–Crippen MR) is 118 cm³/mol. The molecule has 7 heteroatoms. The monoisotopic (exact) mass is 400 g/mol. The van der Waals surface area contributed by atoms with Gasteiger partial charge in [-0.2, -0.15) is 0 Å². The minimum Gasteiger partial charge on any atom is -0.480 e. The highest BCUT2D eigenvalue weighted by Gasteiger charge is 2.32. The fourth-order valence-electron chi connectivity index (χ4n) is 3.67. The van der Waals surface area contributed by atoms with E-state index in [-0.39, 0.29) is 6.32 Å². The third kappa shape index (κ3) is 7.44. The van der Waals surface area contributed by atoms with E-state index in [2.05, 4.69) is 42.2 Å². The number of aliphatic carboxylic acids is 1. The van der Waals surface area contributed by atoms with E-state index in [0.29, 0.717) is 32.1 Å². The molecule has 0 spiro atoms. The lowest BCUT2D eigenvalue weighted by Crippen LogP contribution is -2.48. The van der Waals surface area contributed by atoms with Gasteiger partial charge in [0.05, 0.1) is 0 Å². The van der Waals surface area contributed by atoms with Gasteiger partial charge in [0.25, 0.3) is 0 Å². The number of carboxylic acids is 1. The van der Waals surface area contributed by atoms with Crippen LogP contribution in [0, 0.1) is 0 Å². The summed E-state index contributed by atoms with van der Waals surface area (Å²) in [6, 6.07) is 14.8. The van der Waals surface area contributed by atoms with Crippen molar-refractivity contribution in [3.63, 3.8) is 0 Å². The number of carboxylic acid groups (broad SMARTS) is 1. The average molecular weight is 400 g/mol. The molecular formula is C22H33BN2O4. The molecule has 6 nitrogen and oxygen atoms in total. The van der Waals surface area contributed by atoms with Crippen molar-refractivity contribution in [3.8, 4) is 0 Å². The lowest BCUT2D eigenvalue weighted by atomic mass is 9.81. The molecule has 1 atom stereocenters. The molecule has 2 rings (SSSR count). The molecule has 0 heterocycles. The Morgan fingerprint density at radius 3 is 2.41 bits per heavy atom. The van der Waals surface area contributed by atoms with Crippen molar-refractivity contribution in [3.05, 3.63) is 48.0 Å². The molecule has 5 N–H and O–H groups in total. The number of hydrogen-bond donors (Lipinski definition) is 4. The van der Waals surface area contributed by atoms with E-state index in [1.165, 1.54) is 16.3 Å².